The normalized spacial score (nSPS) is 12.6. The summed E-state index contributed by atoms with van der Waals surface area (Å²) in [5.41, 5.74) is -2.05. The van der Waals surface area contributed by atoms with Crippen LogP contribution < -0.4 is 5.32 Å². The van der Waals surface area contributed by atoms with Gasteiger partial charge in [-0.1, -0.05) is 6.07 Å². The number of hydrogen-bond donors (Lipinski definition) is 3. The number of aliphatic hydroxyl groups is 1. The van der Waals surface area contributed by atoms with Gasteiger partial charge in [-0.15, -0.1) is 0 Å². The highest BCUT2D eigenvalue weighted by atomic mass is 19.4. The number of carbonyl (C=O) groups is 2. The van der Waals surface area contributed by atoms with E-state index in [1.165, 1.54) is 0 Å². The molecule has 9 heteroatoms. The molecule has 0 aliphatic rings. The first kappa shape index (κ1) is 16.8. The first-order valence-corrected chi connectivity index (χ1v) is 5.61. The van der Waals surface area contributed by atoms with Crippen LogP contribution in [0.3, 0.4) is 0 Å². The Morgan fingerprint density at radius 2 is 2.00 bits per heavy atom. The van der Waals surface area contributed by atoms with Crippen LogP contribution in [0.2, 0.25) is 0 Å². The van der Waals surface area contributed by atoms with Crippen LogP contribution in [-0.4, -0.2) is 41.8 Å². The monoisotopic (exact) mass is 307 g/mol. The lowest BCUT2D eigenvalue weighted by atomic mass is 10.1. The van der Waals surface area contributed by atoms with Crippen LogP contribution in [-0.2, 0) is 15.7 Å². The van der Waals surface area contributed by atoms with Gasteiger partial charge in [-0.05, 0) is 12.1 Å². The van der Waals surface area contributed by atoms with Crippen LogP contribution in [0, 0.1) is 0 Å². The Kier molecular flexibility index (Phi) is 5.14. The Balaban J connectivity index is 3.06. The summed E-state index contributed by atoms with van der Waals surface area (Å²) in [7, 11) is 1.01. The Labute approximate surface area is 117 Å². The standard InChI is InChI=1S/C12H12F3NO5/c1-21-11(20)8(5-17)16-10(19)6-3-2-4-7(9(6)18)12(13,14)15/h2-4,8,17-18H,5H2,1H3,(H,16,19)/t8-/m0/s1. The van der Waals surface area contributed by atoms with Crippen molar-refractivity contribution in [3.8, 4) is 5.75 Å². The van der Waals surface area contributed by atoms with Gasteiger partial charge in [0.25, 0.3) is 5.91 Å². The van der Waals surface area contributed by atoms with E-state index in [0.717, 1.165) is 19.2 Å². The molecule has 0 fully saturated rings. The number of aliphatic hydroxyl groups excluding tert-OH is 1. The summed E-state index contributed by atoms with van der Waals surface area (Å²) >= 11 is 0. The summed E-state index contributed by atoms with van der Waals surface area (Å²) in [6.45, 7) is -0.807. The third-order valence-corrected chi connectivity index (χ3v) is 2.56. The molecule has 21 heavy (non-hydrogen) atoms. The average molecular weight is 307 g/mol. The number of ether oxygens (including phenoxy) is 1. The molecule has 0 spiro atoms. The average Bonchev–Trinajstić information content (AvgIpc) is 2.42. The van der Waals surface area contributed by atoms with E-state index in [1.807, 2.05) is 5.32 Å². The van der Waals surface area contributed by atoms with Crippen molar-refractivity contribution in [1.29, 1.82) is 0 Å². The van der Waals surface area contributed by atoms with Gasteiger partial charge in [0.1, 0.15) is 5.75 Å². The summed E-state index contributed by atoms with van der Waals surface area (Å²) in [5.74, 6) is -3.38. The molecule has 1 aromatic rings. The zero-order chi connectivity index (χ0) is 16.2. The highest BCUT2D eigenvalue weighted by molar-refractivity contribution is 5.99. The first-order chi connectivity index (χ1) is 9.72. The molecule has 3 N–H and O–H groups in total. The Morgan fingerprint density at radius 3 is 2.48 bits per heavy atom. The number of benzene rings is 1. The van der Waals surface area contributed by atoms with E-state index in [9.17, 15) is 27.9 Å². The minimum absolute atomic E-state index is 0.607. The summed E-state index contributed by atoms with van der Waals surface area (Å²) in [6, 6.07) is 1.04. The van der Waals surface area contributed by atoms with Crippen molar-refractivity contribution in [2.45, 2.75) is 12.2 Å². The van der Waals surface area contributed by atoms with E-state index in [1.54, 1.807) is 0 Å². The number of carbonyl (C=O) groups excluding carboxylic acids is 2. The molecule has 0 aliphatic heterocycles. The Morgan fingerprint density at radius 1 is 1.38 bits per heavy atom. The molecule has 0 radical (unpaired) electrons. The van der Waals surface area contributed by atoms with Gasteiger partial charge in [-0.2, -0.15) is 13.2 Å². The van der Waals surface area contributed by atoms with Gasteiger partial charge in [0, 0.05) is 0 Å². The van der Waals surface area contributed by atoms with Crippen molar-refractivity contribution in [2.75, 3.05) is 13.7 Å². The fourth-order valence-electron chi connectivity index (χ4n) is 1.51. The molecule has 1 amide bonds. The number of rotatable bonds is 4. The first-order valence-electron chi connectivity index (χ1n) is 5.61. The minimum atomic E-state index is -4.83. The molecule has 1 rings (SSSR count). The smallest absolute Gasteiger partial charge is 0.419 e. The third-order valence-electron chi connectivity index (χ3n) is 2.56. The molecular formula is C12H12F3NO5. The topological polar surface area (TPSA) is 95.9 Å². The van der Waals surface area contributed by atoms with Crippen molar-refractivity contribution < 1.29 is 37.7 Å². The van der Waals surface area contributed by atoms with Gasteiger partial charge in [0.15, 0.2) is 6.04 Å². The maximum absolute atomic E-state index is 12.6. The Bertz CT molecular complexity index is 544. The van der Waals surface area contributed by atoms with Crippen molar-refractivity contribution >= 4 is 11.9 Å². The second-order valence-corrected chi connectivity index (χ2v) is 3.93. The highest BCUT2D eigenvalue weighted by Gasteiger charge is 2.35. The van der Waals surface area contributed by atoms with Crippen LogP contribution in [0.4, 0.5) is 13.2 Å². The molecule has 0 aliphatic carbocycles. The summed E-state index contributed by atoms with van der Waals surface area (Å²) in [4.78, 5) is 23.0. The molecule has 116 valence electrons. The molecule has 1 atom stereocenters. The van der Waals surface area contributed by atoms with Gasteiger partial charge in [-0.3, -0.25) is 4.79 Å². The molecular weight excluding hydrogens is 295 g/mol. The second-order valence-electron chi connectivity index (χ2n) is 3.93. The van der Waals surface area contributed by atoms with Crippen molar-refractivity contribution in [2.24, 2.45) is 0 Å². The predicted octanol–water partition coefficient (Wildman–Crippen LogP) is 0.675. The zero-order valence-electron chi connectivity index (χ0n) is 10.8. The lowest BCUT2D eigenvalue weighted by Crippen LogP contribution is -2.44. The van der Waals surface area contributed by atoms with E-state index in [-0.39, 0.29) is 0 Å². The number of halogens is 3. The van der Waals surface area contributed by atoms with E-state index in [0.29, 0.717) is 6.07 Å². The molecule has 0 aromatic heterocycles. The highest BCUT2D eigenvalue weighted by Crippen LogP contribution is 2.37. The van der Waals surface area contributed by atoms with Gasteiger partial charge >= 0.3 is 12.1 Å². The molecule has 0 saturated carbocycles. The van der Waals surface area contributed by atoms with Crippen LogP contribution in [0.1, 0.15) is 15.9 Å². The third kappa shape index (κ3) is 3.85. The number of aromatic hydroxyl groups is 1. The quantitative estimate of drug-likeness (QED) is 0.711. The molecule has 1 aromatic carbocycles. The van der Waals surface area contributed by atoms with E-state index < -0.39 is 47.6 Å². The number of nitrogens with one attached hydrogen (secondary N) is 1. The molecule has 6 nitrogen and oxygen atoms in total. The van der Waals surface area contributed by atoms with Gasteiger partial charge in [0.05, 0.1) is 24.8 Å². The summed E-state index contributed by atoms with van der Waals surface area (Å²) in [5, 5.41) is 20.4. The fraction of sp³-hybridized carbons (Fsp3) is 0.333. The molecule has 0 unspecified atom stereocenters. The fourth-order valence-corrected chi connectivity index (χ4v) is 1.51. The number of esters is 1. The lowest BCUT2D eigenvalue weighted by Gasteiger charge is -2.16. The number of methoxy groups -OCH3 is 1. The zero-order valence-corrected chi connectivity index (χ0v) is 10.8. The van der Waals surface area contributed by atoms with Gasteiger partial charge < -0.3 is 20.3 Å². The SMILES string of the molecule is COC(=O)[C@H](CO)NC(=O)c1cccc(C(F)(F)F)c1O. The largest absolute Gasteiger partial charge is 0.506 e. The van der Waals surface area contributed by atoms with Crippen molar-refractivity contribution in [1.82, 2.24) is 5.32 Å². The minimum Gasteiger partial charge on any atom is -0.506 e. The molecule has 0 bridgehead atoms. The summed E-state index contributed by atoms with van der Waals surface area (Å²) in [6.07, 6.45) is -4.83. The van der Waals surface area contributed by atoms with Crippen LogP contribution in [0.25, 0.3) is 0 Å². The lowest BCUT2D eigenvalue weighted by molar-refractivity contribution is -0.144. The summed E-state index contributed by atoms with van der Waals surface area (Å²) < 4.78 is 42.1. The van der Waals surface area contributed by atoms with Gasteiger partial charge in [0.2, 0.25) is 0 Å². The molecule has 0 saturated heterocycles. The maximum atomic E-state index is 12.6. The van der Waals surface area contributed by atoms with E-state index >= 15 is 0 Å². The number of para-hydroxylation sites is 1. The second kappa shape index (κ2) is 6.44. The van der Waals surface area contributed by atoms with E-state index in [2.05, 4.69) is 4.74 Å². The van der Waals surface area contributed by atoms with E-state index in [4.69, 9.17) is 5.11 Å². The number of hydrogen-bond acceptors (Lipinski definition) is 5. The number of amides is 1. The maximum Gasteiger partial charge on any atom is 0.419 e. The van der Waals surface area contributed by atoms with Crippen LogP contribution in [0.5, 0.6) is 5.75 Å². The van der Waals surface area contributed by atoms with Crippen molar-refractivity contribution in [3.63, 3.8) is 0 Å². The van der Waals surface area contributed by atoms with Crippen molar-refractivity contribution in [3.05, 3.63) is 29.3 Å². The number of alkyl halides is 3. The van der Waals surface area contributed by atoms with Crippen LogP contribution in [0.15, 0.2) is 18.2 Å². The Hall–Kier alpha value is -2.29. The number of phenolic OH excluding ortho intramolecular Hbond substituents is 1. The van der Waals surface area contributed by atoms with Gasteiger partial charge in [-0.25, -0.2) is 4.79 Å². The van der Waals surface area contributed by atoms with Crippen LogP contribution >= 0.6 is 0 Å². The predicted molar refractivity (Wildman–Crippen MR) is 63.5 cm³/mol. The number of phenols is 1. The molecule has 0 heterocycles.